The van der Waals surface area contributed by atoms with E-state index < -0.39 is 0 Å². The molecule has 2 aromatic rings. The highest BCUT2D eigenvalue weighted by atomic mass is 32.2. The largest absolute Gasteiger partial charge is 0.272 e. The van der Waals surface area contributed by atoms with Crippen molar-refractivity contribution in [1.82, 2.24) is 10.9 Å². The van der Waals surface area contributed by atoms with Crippen LogP contribution in [0.3, 0.4) is 0 Å². The van der Waals surface area contributed by atoms with Gasteiger partial charge in [-0.15, -0.1) is 23.1 Å². The normalized spacial score (nSPS) is 10.7. The molecule has 0 fully saturated rings. The number of hydrazine groups is 1. The lowest BCUT2D eigenvalue weighted by molar-refractivity contribution is -0.125. The molecule has 4 nitrogen and oxygen atoms in total. The topological polar surface area (TPSA) is 58.2 Å². The molecule has 23 heavy (non-hydrogen) atoms. The SMILES string of the molecule is Cc1ccc(SCC(=O)NNC(=O)/C=C/c2sccc2C)cc1. The number of thiophene rings is 1. The van der Waals surface area contributed by atoms with Crippen LogP contribution in [0.1, 0.15) is 16.0 Å². The van der Waals surface area contributed by atoms with Gasteiger partial charge in [-0.05, 0) is 49.1 Å². The first-order valence-corrected chi connectivity index (χ1v) is 8.91. The summed E-state index contributed by atoms with van der Waals surface area (Å²) < 4.78 is 0. The van der Waals surface area contributed by atoms with Crippen LogP contribution in [0.15, 0.2) is 46.7 Å². The van der Waals surface area contributed by atoms with Crippen molar-refractivity contribution in [3.05, 3.63) is 57.8 Å². The fourth-order valence-electron chi connectivity index (χ4n) is 1.70. The highest BCUT2D eigenvalue weighted by Crippen LogP contribution is 2.18. The van der Waals surface area contributed by atoms with Crippen LogP contribution in [0.5, 0.6) is 0 Å². The van der Waals surface area contributed by atoms with E-state index in [4.69, 9.17) is 0 Å². The van der Waals surface area contributed by atoms with E-state index in [1.54, 1.807) is 17.4 Å². The fraction of sp³-hybridized carbons (Fsp3) is 0.176. The summed E-state index contributed by atoms with van der Waals surface area (Å²) in [7, 11) is 0. The number of amides is 2. The third kappa shape index (κ3) is 5.92. The number of nitrogens with one attached hydrogen (secondary N) is 2. The lowest BCUT2D eigenvalue weighted by Crippen LogP contribution is -2.41. The predicted molar refractivity (Wildman–Crippen MR) is 96.3 cm³/mol. The van der Waals surface area contributed by atoms with Gasteiger partial charge in [-0.3, -0.25) is 20.4 Å². The minimum atomic E-state index is -0.355. The summed E-state index contributed by atoms with van der Waals surface area (Å²) in [6, 6.07) is 9.93. The molecule has 1 heterocycles. The Hall–Kier alpha value is -2.05. The van der Waals surface area contributed by atoms with Crippen molar-refractivity contribution < 1.29 is 9.59 Å². The molecule has 2 amide bonds. The molecule has 1 aromatic carbocycles. The van der Waals surface area contributed by atoms with Crippen LogP contribution in [0.4, 0.5) is 0 Å². The summed E-state index contributed by atoms with van der Waals surface area (Å²) in [5.41, 5.74) is 7.08. The van der Waals surface area contributed by atoms with E-state index in [0.29, 0.717) is 0 Å². The van der Waals surface area contributed by atoms with Crippen LogP contribution in [-0.2, 0) is 9.59 Å². The Balaban J connectivity index is 1.71. The number of rotatable bonds is 5. The number of aryl methyl sites for hydroxylation is 2. The molecule has 0 radical (unpaired) electrons. The predicted octanol–water partition coefficient (Wildman–Crippen LogP) is 3.32. The summed E-state index contributed by atoms with van der Waals surface area (Å²) in [4.78, 5) is 25.4. The van der Waals surface area contributed by atoms with Gasteiger partial charge in [-0.25, -0.2) is 0 Å². The first-order chi connectivity index (χ1) is 11.0. The molecule has 6 heteroatoms. The zero-order chi connectivity index (χ0) is 16.7. The Labute approximate surface area is 144 Å². The number of benzene rings is 1. The van der Waals surface area contributed by atoms with Crippen LogP contribution in [0, 0.1) is 13.8 Å². The number of hydrogen-bond acceptors (Lipinski definition) is 4. The van der Waals surface area contributed by atoms with Gasteiger partial charge in [-0.1, -0.05) is 17.7 Å². The quantitative estimate of drug-likeness (QED) is 0.496. The summed E-state index contributed by atoms with van der Waals surface area (Å²) in [5, 5.41) is 1.97. The van der Waals surface area contributed by atoms with Gasteiger partial charge in [0.2, 0.25) is 5.91 Å². The van der Waals surface area contributed by atoms with Gasteiger partial charge in [0.15, 0.2) is 0 Å². The zero-order valence-electron chi connectivity index (χ0n) is 13.0. The van der Waals surface area contributed by atoms with Gasteiger partial charge in [-0.2, -0.15) is 0 Å². The second kappa shape index (κ2) is 8.55. The maximum Gasteiger partial charge on any atom is 0.262 e. The molecule has 0 aliphatic heterocycles. The molecule has 0 unspecified atom stereocenters. The smallest absolute Gasteiger partial charge is 0.262 e. The summed E-state index contributed by atoms with van der Waals surface area (Å²) in [6.07, 6.45) is 3.15. The molecular weight excluding hydrogens is 328 g/mol. The second-order valence-corrected chi connectivity index (χ2v) is 6.94. The third-order valence-corrected chi connectivity index (χ3v) is 5.00. The van der Waals surface area contributed by atoms with Gasteiger partial charge in [0.05, 0.1) is 5.75 Å². The van der Waals surface area contributed by atoms with Crippen molar-refractivity contribution in [3.8, 4) is 0 Å². The number of hydrogen-bond donors (Lipinski definition) is 2. The molecule has 0 saturated heterocycles. The Morgan fingerprint density at radius 2 is 1.87 bits per heavy atom. The average molecular weight is 346 g/mol. The molecule has 1 aromatic heterocycles. The lowest BCUT2D eigenvalue weighted by atomic mass is 10.2. The first kappa shape index (κ1) is 17.3. The van der Waals surface area contributed by atoms with Crippen LogP contribution in [-0.4, -0.2) is 17.6 Å². The van der Waals surface area contributed by atoms with Crippen LogP contribution in [0.2, 0.25) is 0 Å². The number of carbonyl (C=O) groups is 2. The molecule has 0 spiro atoms. The van der Waals surface area contributed by atoms with Crippen molar-refractivity contribution in [2.45, 2.75) is 18.7 Å². The van der Waals surface area contributed by atoms with Crippen molar-refractivity contribution in [2.24, 2.45) is 0 Å². The Kier molecular flexibility index (Phi) is 6.43. The molecular formula is C17H18N2O2S2. The maximum atomic E-state index is 11.7. The highest BCUT2D eigenvalue weighted by molar-refractivity contribution is 8.00. The minimum Gasteiger partial charge on any atom is -0.272 e. The van der Waals surface area contributed by atoms with Crippen molar-refractivity contribution in [3.63, 3.8) is 0 Å². The Morgan fingerprint density at radius 1 is 1.13 bits per heavy atom. The summed E-state index contributed by atoms with van der Waals surface area (Å²) >= 11 is 2.99. The summed E-state index contributed by atoms with van der Waals surface area (Å²) in [5.74, 6) is -0.354. The monoisotopic (exact) mass is 346 g/mol. The Bertz CT molecular complexity index is 706. The van der Waals surface area contributed by atoms with Gasteiger partial charge in [0.25, 0.3) is 5.91 Å². The van der Waals surface area contributed by atoms with E-state index in [0.717, 1.165) is 15.3 Å². The minimum absolute atomic E-state index is 0.246. The van der Waals surface area contributed by atoms with Gasteiger partial charge >= 0.3 is 0 Å². The van der Waals surface area contributed by atoms with E-state index in [9.17, 15) is 9.59 Å². The van der Waals surface area contributed by atoms with E-state index in [2.05, 4.69) is 10.9 Å². The molecule has 2 N–H and O–H groups in total. The van der Waals surface area contributed by atoms with Gasteiger partial charge in [0.1, 0.15) is 0 Å². The standard InChI is InChI=1S/C17H18N2O2S2/c1-12-3-5-14(6-4-12)23-11-17(21)19-18-16(20)8-7-15-13(2)9-10-22-15/h3-10H,11H2,1-2H3,(H,18,20)(H,19,21)/b8-7+. The van der Waals surface area contributed by atoms with E-state index in [-0.39, 0.29) is 17.6 Å². The maximum absolute atomic E-state index is 11.7. The summed E-state index contributed by atoms with van der Waals surface area (Å²) in [6.45, 7) is 4.00. The molecule has 0 aliphatic carbocycles. The van der Waals surface area contributed by atoms with Crippen molar-refractivity contribution in [1.29, 1.82) is 0 Å². The molecule has 0 aliphatic rings. The lowest BCUT2D eigenvalue weighted by Gasteiger charge is -2.05. The van der Waals surface area contributed by atoms with E-state index >= 15 is 0 Å². The molecule has 0 atom stereocenters. The van der Waals surface area contributed by atoms with E-state index in [1.807, 2.05) is 49.6 Å². The molecule has 2 rings (SSSR count). The first-order valence-electron chi connectivity index (χ1n) is 7.05. The van der Waals surface area contributed by atoms with Crippen LogP contribution in [0.25, 0.3) is 6.08 Å². The highest BCUT2D eigenvalue weighted by Gasteiger charge is 2.04. The van der Waals surface area contributed by atoms with Crippen LogP contribution >= 0.6 is 23.1 Å². The second-order valence-electron chi connectivity index (χ2n) is 4.94. The molecule has 120 valence electrons. The molecule has 0 saturated carbocycles. The number of thioether (sulfide) groups is 1. The zero-order valence-corrected chi connectivity index (χ0v) is 14.6. The average Bonchev–Trinajstić information content (AvgIpc) is 2.95. The van der Waals surface area contributed by atoms with Gasteiger partial charge in [0, 0.05) is 15.8 Å². The fourth-order valence-corrected chi connectivity index (χ4v) is 3.22. The molecule has 0 bridgehead atoms. The van der Waals surface area contributed by atoms with Gasteiger partial charge < -0.3 is 0 Å². The Morgan fingerprint density at radius 3 is 2.52 bits per heavy atom. The van der Waals surface area contributed by atoms with E-state index in [1.165, 1.54) is 23.4 Å². The number of carbonyl (C=O) groups excluding carboxylic acids is 2. The van der Waals surface area contributed by atoms with Crippen LogP contribution < -0.4 is 10.9 Å². The third-order valence-electron chi connectivity index (χ3n) is 3.00. The van der Waals surface area contributed by atoms with Crippen molar-refractivity contribution in [2.75, 3.05) is 5.75 Å². The van der Waals surface area contributed by atoms with Crippen molar-refractivity contribution >= 4 is 41.0 Å².